The number of amides is 1. The molecule has 4 nitrogen and oxygen atoms in total. The molecule has 0 radical (unpaired) electrons. The van der Waals surface area contributed by atoms with Crippen molar-refractivity contribution in [2.75, 3.05) is 13.1 Å². The van der Waals surface area contributed by atoms with Crippen molar-refractivity contribution in [3.8, 4) is 5.75 Å². The summed E-state index contributed by atoms with van der Waals surface area (Å²) < 4.78 is 19.6. The Bertz CT molecular complexity index is 1350. The van der Waals surface area contributed by atoms with Crippen molar-refractivity contribution in [1.82, 2.24) is 4.90 Å². The fourth-order valence-corrected chi connectivity index (χ4v) is 5.18. The van der Waals surface area contributed by atoms with Crippen molar-refractivity contribution in [3.05, 3.63) is 130 Å². The Morgan fingerprint density at radius 3 is 2.45 bits per heavy atom. The predicted molar refractivity (Wildman–Crippen MR) is 153 cm³/mol. The first-order valence-corrected chi connectivity index (χ1v) is 13.8. The molecule has 0 aromatic heterocycles. The van der Waals surface area contributed by atoms with Gasteiger partial charge in [-0.25, -0.2) is 4.39 Å². The number of carbonyl (C=O) groups is 1. The van der Waals surface area contributed by atoms with Crippen LogP contribution in [0.2, 0.25) is 5.02 Å². The molecule has 0 aliphatic rings. The van der Waals surface area contributed by atoms with E-state index in [9.17, 15) is 9.18 Å². The zero-order valence-corrected chi connectivity index (χ0v) is 22.6. The van der Waals surface area contributed by atoms with Gasteiger partial charge in [0.1, 0.15) is 18.2 Å². The molecule has 0 atom stereocenters. The molecule has 4 aromatic rings. The van der Waals surface area contributed by atoms with E-state index >= 15 is 0 Å². The van der Waals surface area contributed by atoms with E-state index < -0.39 is 5.82 Å². The Hall–Kier alpha value is -3.32. The second-order valence-electron chi connectivity index (χ2n) is 8.78. The van der Waals surface area contributed by atoms with Crippen LogP contribution in [-0.4, -0.2) is 23.9 Å². The van der Waals surface area contributed by atoms with Gasteiger partial charge in [-0.05, 0) is 60.0 Å². The fraction of sp³-hybridized carbons (Fsp3) is 0.194. The Kier molecular flexibility index (Phi) is 10.2. The van der Waals surface area contributed by atoms with Gasteiger partial charge in [0, 0.05) is 23.7 Å². The van der Waals surface area contributed by atoms with Crippen molar-refractivity contribution in [2.45, 2.75) is 30.2 Å². The lowest BCUT2D eigenvalue weighted by molar-refractivity contribution is 0.0736. The number of benzene rings is 4. The van der Waals surface area contributed by atoms with Gasteiger partial charge in [0.05, 0.1) is 10.6 Å². The molecular formula is C31H30ClFN2O2S. The standard InChI is InChI=1S/C31H30ClFN2O2S/c32-27-19-24(15-16-28(27)33)22-38-30-14-7-4-11-25(30)20-35(18-8-17-34)31(36)26-12-5-6-13-29(26)37-21-23-9-2-1-3-10-23/h1-7,9-16,19H,8,17-18,20-22,34H2. The molecule has 0 aliphatic carbocycles. The molecular weight excluding hydrogens is 519 g/mol. The zero-order chi connectivity index (χ0) is 26.7. The van der Waals surface area contributed by atoms with Crippen molar-refractivity contribution < 1.29 is 13.9 Å². The van der Waals surface area contributed by atoms with Crippen molar-refractivity contribution in [3.63, 3.8) is 0 Å². The highest BCUT2D eigenvalue weighted by atomic mass is 35.5. The number of hydrogen-bond donors (Lipinski definition) is 1. The van der Waals surface area contributed by atoms with Gasteiger partial charge >= 0.3 is 0 Å². The highest BCUT2D eigenvalue weighted by Crippen LogP contribution is 2.30. The van der Waals surface area contributed by atoms with Crippen LogP contribution in [0.4, 0.5) is 4.39 Å². The van der Waals surface area contributed by atoms with Crippen LogP contribution < -0.4 is 10.5 Å². The molecule has 4 rings (SSSR count). The van der Waals surface area contributed by atoms with Gasteiger partial charge in [0.15, 0.2) is 0 Å². The van der Waals surface area contributed by atoms with Crippen LogP contribution in [0.3, 0.4) is 0 Å². The summed E-state index contributed by atoms with van der Waals surface area (Å²) in [6.07, 6.45) is 0.683. The maximum absolute atomic E-state index is 13.8. The Morgan fingerprint density at radius 2 is 1.66 bits per heavy atom. The van der Waals surface area contributed by atoms with Gasteiger partial charge in [-0.15, -0.1) is 11.8 Å². The van der Waals surface area contributed by atoms with E-state index in [2.05, 4.69) is 0 Å². The van der Waals surface area contributed by atoms with Crippen LogP contribution in [0.1, 0.15) is 33.5 Å². The van der Waals surface area contributed by atoms with E-state index in [1.54, 1.807) is 30.0 Å². The molecule has 0 unspecified atom stereocenters. The number of thioether (sulfide) groups is 1. The van der Waals surface area contributed by atoms with Gasteiger partial charge in [0.25, 0.3) is 5.91 Å². The molecule has 196 valence electrons. The summed E-state index contributed by atoms with van der Waals surface area (Å²) >= 11 is 7.59. The molecule has 0 bridgehead atoms. The Morgan fingerprint density at radius 1 is 0.921 bits per heavy atom. The van der Waals surface area contributed by atoms with E-state index in [4.69, 9.17) is 22.1 Å². The first-order chi connectivity index (χ1) is 18.5. The lowest BCUT2D eigenvalue weighted by Crippen LogP contribution is -2.33. The quantitative estimate of drug-likeness (QED) is 0.188. The van der Waals surface area contributed by atoms with Gasteiger partial charge in [-0.2, -0.15) is 0 Å². The molecule has 0 aliphatic heterocycles. The molecule has 0 saturated carbocycles. The van der Waals surface area contributed by atoms with Crippen LogP contribution in [0.25, 0.3) is 0 Å². The average molecular weight is 549 g/mol. The van der Waals surface area contributed by atoms with E-state index in [-0.39, 0.29) is 10.9 Å². The molecule has 1 amide bonds. The zero-order valence-electron chi connectivity index (χ0n) is 21.0. The first kappa shape index (κ1) is 27.7. The molecule has 0 heterocycles. The largest absolute Gasteiger partial charge is 0.488 e. The average Bonchev–Trinajstić information content (AvgIpc) is 2.95. The molecule has 0 spiro atoms. The van der Waals surface area contributed by atoms with Crippen molar-refractivity contribution >= 4 is 29.3 Å². The molecule has 38 heavy (non-hydrogen) atoms. The fourth-order valence-electron chi connectivity index (χ4n) is 3.98. The monoisotopic (exact) mass is 548 g/mol. The van der Waals surface area contributed by atoms with Crippen LogP contribution in [-0.2, 0) is 18.9 Å². The summed E-state index contributed by atoms with van der Waals surface area (Å²) in [6.45, 7) is 1.81. The SMILES string of the molecule is NCCCN(Cc1ccccc1SCc1ccc(F)c(Cl)c1)C(=O)c1ccccc1OCc1ccccc1. The highest BCUT2D eigenvalue weighted by molar-refractivity contribution is 7.98. The number of hydrogen-bond acceptors (Lipinski definition) is 4. The number of ether oxygens (including phenoxy) is 1. The molecule has 0 fully saturated rings. The normalized spacial score (nSPS) is 10.8. The van der Waals surface area contributed by atoms with Crippen molar-refractivity contribution in [1.29, 1.82) is 0 Å². The minimum atomic E-state index is -0.428. The number of nitrogens with two attached hydrogens (primary N) is 1. The van der Waals surface area contributed by atoms with Crippen molar-refractivity contribution in [2.24, 2.45) is 5.73 Å². The van der Waals surface area contributed by atoms with Crippen LogP contribution in [0.15, 0.2) is 102 Å². The minimum absolute atomic E-state index is 0.104. The Balaban J connectivity index is 1.52. The van der Waals surface area contributed by atoms with Gasteiger partial charge < -0.3 is 15.4 Å². The summed E-state index contributed by atoms with van der Waals surface area (Å²) in [4.78, 5) is 16.7. The molecule has 0 saturated heterocycles. The van der Waals surface area contributed by atoms with Gasteiger partial charge in [-0.1, -0.05) is 78.3 Å². The van der Waals surface area contributed by atoms with E-state index in [0.717, 1.165) is 21.6 Å². The van der Waals surface area contributed by atoms with Crippen LogP contribution in [0.5, 0.6) is 5.75 Å². The first-order valence-electron chi connectivity index (χ1n) is 12.4. The minimum Gasteiger partial charge on any atom is -0.488 e. The smallest absolute Gasteiger partial charge is 0.257 e. The van der Waals surface area contributed by atoms with E-state index in [1.807, 2.05) is 77.7 Å². The van der Waals surface area contributed by atoms with Crippen LogP contribution >= 0.6 is 23.4 Å². The summed E-state index contributed by atoms with van der Waals surface area (Å²) in [6, 6.07) is 30.0. The molecule has 2 N–H and O–H groups in total. The lowest BCUT2D eigenvalue weighted by atomic mass is 10.1. The summed E-state index contributed by atoms with van der Waals surface area (Å²) in [5.41, 5.74) is 9.32. The predicted octanol–water partition coefficient (Wildman–Crippen LogP) is 7.34. The number of rotatable bonds is 12. The number of carbonyl (C=O) groups excluding carboxylic acids is 1. The lowest BCUT2D eigenvalue weighted by Gasteiger charge is -2.25. The van der Waals surface area contributed by atoms with E-state index in [0.29, 0.717) is 49.7 Å². The summed E-state index contributed by atoms with van der Waals surface area (Å²) in [5.74, 6) is 0.647. The second-order valence-corrected chi connectivity index (χ2v) is 10.2. The highest BCUT2D eigenvalue weighted by Gasteiger charge is 2.21. The molecule has 4 aromatic carbocycles. The number of halogens is 2. The third-order valence-corrected chi connectivity index (χ3v) is 7.46. The third kappa shape index (κ3) is 7.60. The number of nitrogens with zero attached hydrogens (tertiary/aromatic N) is 1. The third-order valence-electron chi connectivity index (χ3n) is 5.99. The summed E-state index contributed by atoms with van der Waals surface area (Å²) in [7, 11) is 0. The van der Waals surface area contributed by atoms with Crippen LogP contribution in [0, 0.1) is 5.82 Å². The molecule has 7 heteroatoms. The number of para-hydroxylation sites is 1. The summed E-state index contributed by atoms with van der Waals surface area (Å²) in [5, 5.41) is 0.114. The second kappa shape index (κ2) is 14.0. The van der Waals surface area contributed by atoms with E-state index in [1.165, 1.54) is 6.07 Å². The Labute approximate surface area is 232 Å². The maximum atomic E-state index is 13.8. The van der Waals surface area contributed by atoms with Gasteiger partial charge in [-0.3, -0.25) is 4.79 Å². The topological polar surface area (TPSA) is 55.6 Å². The van der Waals surface area contributed by atoms with Gasteiger partial charge in [0.2, 0.25) is 0 Å². The maximum Gasteiger partial charge on any atom is 0.257 e.